The van der Waals surface area contributed by atoms with Gasteiger partial charge >= 0.3 is 6.18 Å². The number of piperazine rings is 1. The highest BCUT2D eigenvalue weighted by Gasteiger charge is 2.32. The van der Waals surface area contributed by atoms with Crippen molar-refractivity contribution in [3.05, 3.63) is 95.7 Å². The summed E-state index contributed by atoms with van der Waals surface area (Å²) in [5.41, 5.74) is 2.89. The first-order valence-corrected chi connectivity index (χ1v) is 12.2. The van der Waals surface area contributed by atoms with Crippen LogP contribution in [0.2, 0.25) is 0 Å². The Morgan fingerprint density at radius 3 is 2.49 bits per heavy atom. The maximum atomic E-state index is 13.5. The molecule has 0 saturated carbocycles. The quantitative estimate of drug-likeness (QED) is 0.345. The molecule has 1 aliphatic rings. The Balaban J connectivity index is 1.34. The van der Waals surface area contributed by atoms with E-state index in [0.717, 1.165) is 33.8 Å². The largest absolute Gasteiger partial charge is 0.497 e. The predicted octanol–water partition coefficient (Wildman–Crippen LogP) is 6.07. The van der Waals surface area contributed by atoms with Gasteiger partial charge in [-0.2, -0.15) is 13.2 Å². The smallest absolute Gasteiger partial charge is 0.416 e. The molecule has 1 saturated heterocycles. The van der Waals surface area contributed by atoms with E-state index < -0.39 is 11.7 Å². The van der Waals surface area contributed by atoms with Gasteiger partial charge in [0.15, 0.2) is 0 Å². The first-order valence-electron chi connectivity index (χ1n) is 12.2. The summed E-state index contributed by atoms with van der Waals surface area (Å²) in [5, 5.41) is 1.07. The number of halogens is 3. The van der Waals surface area contributed by atoms with Gasteiger partial charge in [-0.05, 0) is 47.5 Å². The molecule has 0 aliphatic carbocycles. The Morgan fingerprint density at radius 1 is 0.973 bits per heavy atom. The van der Waals surface area contributed by atoms with E-state index in [2.05, 4.69) is 4.98 Å². The van der Waals surface area contributed by atoms with Crippen LogP contribution in [0, 0.1) is 0 Å². The van der Waals surface area contributed by atoms with Crippen LogP contribution in [0.4, 0.5) is 18.9 Å². The van der Waals surface area contributed by atoms with Crippen molar-refractivity contribution in [2.45, 2.75) is 18.5 Å². The average Bonchev–Trinajstić information content (AvgIpc) is 3.35. The van der Waals surface area contributed by atoms with E-state index in [-0.39, 0.29) is 18.2 Å². The number of hydrogen-bond acceptors (Lipinski definition) is 3. The summed E-state index contributed by atoms with van der Waals surface area (Å²) in [5.74, 6) is 0.562. The van der Waals surface area contributed by atoms with Crippen LogP contribution in [0.15, 0.2) is 79.0 Å². The molecule has 2 heterocycles. The van der Waals surface area contributed by atoms with Gasteiger partial charge in [-0.25, -0.2) is 0 Å². The summed E-state index contributed by atoms with van der Waals surface area (Å²) in [6.45, 7) is 1.86. The Hall–Kier alpha value is -3.94. The number of ether oxygens (including phenoxy) is 1. The van der Waals surface area contributed by atoms with Gasteiger partial charge in [-0.1, -0.05) is 36.4 Å². The third kappa shape index (κ3) is 5.28. The lowest BCUT2D eigenvalue weighted by Crippen LogP contribution is -2.49. The van der Waals surface area contributed by atoms with Crippen molar-refractivity contribution < 1.29 is 22.7 Å². The molecule has 0 unspecified atom stereocenters. The van der Waals surface area contributed by atoms with Gasteiger partial charge in [-0.3, -0.25) is 4.79 Å². The molecular formula is C29H28F3N3O2. The molecule has 5 nitrogen and oxygen atoms in total. The lowest BCUT2D eigenvalue weighted by molar-refractivity contribution is -0.137. The van der Waals surface area contributed by atoms with Crippen molar-refractivity contribution in [3.63, 3.8) is 0 Å². The lowest BCUT2D eigenvalue weighted by Gasteiger charge is -2.37. The number of amides is 1. The van der Waals surface area contributed by atoms with Gasteiger partial charge < -0.3 is 19.5 Å². The van der Waals surface area contributed by atoms with Crippen LogP contribution >= 0.6 is 0 Å². The van der Waals surface area contributed by atoms with E-state index in [1.54, 1.807) is 13.2 Å². The van der Waals surface area contributed by atoms with Crippen LogP contribution < -0.4 is 9.64 Å². The van der Waals surface area contributed by atoms with Gasteiger partial charge in [0.25, 0.3) is 0 Å². The lowest BCUT2D eigenvalue weighted by atomic mass is 9.87. The second-order valence-electron chi connectivity index (χ2n) is 9.24. The molecular weight excluding hydrogens is 479 g/mol. The van der Waals surface area contributed by atoms with Gasteiger partial charge in [0.05, 0.1) is 12.7 Å². The second-order valence-corrected chi connectivity index (χ2v) is 9.24. The summed E-state index contributed by atoms with van der Waals surface area (Å²) in [4.78, 5) is 20.5. The normalized spacial score (nSPS) is 15.1. The molecule has 1 atom stereocenters. The Morgan fingerprint density at radius 2 is 1.73 bits per heavy atom. The number of methoxy groups -OCH3 is 1. The molecule has 1 aliphatic heterocycles. The Kier molecular flexibility index (Phi) is 6.82. The number of rotatable bonds is 6. The van der Waals surface area contributed by atoms with Crippen molar-refractivity contribution in [1.82, 2.24) is 9.88 Å². The fourth-order valence-corrected chi connectivity index (χ4v) is 5.04. The van der Waals surface area contributed by atoms with E-state index in [1.165, 1.54) is 12.1 Å². The Labute approximate surface area is 213 Å². The average molecular weight is 508 g/mol. The summed E-state index contributed by atoms with van der Waals surface area (Å²) < 4.78 is 44.9. The molecule has 1 amide bonds. The number of anilines is 1. The van der Waals surface area contributed by atoms with E-state index >= 15 is 0 Å². The minimum absolute atomic E-state index is 0.0155. The van der Waals surface area contributed by atoms with E-state index in [9.17, 15) is 18.0 Å². The molecule has 1 aromatic heterocycles. The first-order chi connectivity index (χ1) is 17.8. The molecule has 0 bridgehead atoms. The standard InChI is InChI=1S/C29H28F3N3O2/c1-37-23-9-4-6-20(16-23)25(26-19-33-27-11-3-2-10-24(26)27)18-28(36)35-14-12-34(13-15-35)22-8-5-7-21(17-22)29(30,31)32/h2-11,16-17,19,25,33H,12-15,18H2,1H3/t25-/m1/s1. The molecule has 192 valence electrons. The zero-order chi connectivity index (χ0) is 26.0. The zero-order valence-corrected chi connectivity index (χ0v) is 20.5. The summed E-state index contributed by atoms with van der Waals surface area (Å²) >= 11 is 0. The van der Waals surface area contributed by atoms with Crippen LogP contribution in [-0.2, 0) is 11.0 Å². The number of nitrogens with one attached hydrogen (secondary N) is 1. The number of carbonyl (C=O) groups excluding carboxylic acids is 1. The number of H-pyrrole nitrogens is 1. The van der Waals surface area contributed by atoms with Crippen LogP contribution in [0.1, 0.15) is 29.0 Å². The monoisotopic (exact) mass is 507 g/mol. The number of aromatic amines is 1. The second kappa shape index (κ2) is 10.2. The van der Waals surface area contributed by atoms with Crippen LogP contribution in [-0.4, -0.2) is 49.1 Å². The van der Waals surface area contributed by atoms with E-state index in [0.29, 0.717) is 31.9 Å². The maximum absolute atomic E-state index is 13.5. The number of aromatic nitrogens is 1. The molecule has 0 radical (unpaired) electrons. The van der Waals surface area contributed by atoms with Crippen molar-refractivity contribution in [3.8, 4) is 5.75 Å². The minimum Gasteiger partial charge on any atom is -0.497 e. The molecule has 1 fully saturated rings. The number of fused-ring (bicyclic) bond motifs is 1. The van der Waals surface area contributed by atoms with Crippen molar-refractivity contribution in [1.29, 1.82) is 0 Å². The number of hydrogen-bond donors (Lipinski definition) is 1. The topological polar surface area (TPSA) is 48.6 Å². The molecule has 8 heteroatoms. The third-order valence-electron chi connectivity index (χ3n) is 7.04. The SMILES string of the molecule is COc1cccc([C@@H](CC(=O)N2CCN(c3cccc(C(F)(F)F)c3)CC2)c2c[nH]c3ccccc23)c1. The fourth-order valence-electron chi connectivity index (χ4n) is 5.04. The van der Waals surface area contributed by atoms with Gasteiger partial charge in [0.2, 0.25) is 5.91 Å². The number of alkyl halides is 3. The highest BCUT2D eigenvalue weighted by molar-refractivity contribution is 5.86. The van der Waals surface area contributed by atoms with Crippen LogP contribution in [0.5, 0.6) is 5.75 Å². The van der Waals surface area contributed by atoms with Gasteiger partial charge in [0.1, 0.15) is 5.75 Å². The predicted molar refractivity (Wildman–Crippen MR) is 138 cm³/mol. The van der Waals surface area contributed by atoms with Crippen molar-refractivity contribution >= 4 is 22.5 Å². The van der Waals surface area contributed by atoms with Crippen molar-refractivity contribution in [2.75, 3.05) is 38.2 Å². The third-order valence-corrected chi connectivity index (χ3v) is 7.04. The minimum atomic E-state index is -4.38. The van der Waals surface area contributed by atoms with Crippen LogP contribution in [0.25, 0.3) is 10.9 Å². The van der Waals surface area contributed by atoms with E-state index in [4.69, 9.17) is 4.74 Å². The van der Waals surface area contributed by atoms with E-state index in [1.807, 2.05) is 64.5 Å². The number of carbonyl (C=O) groups is 1. The summed E-state index contributed by atoms with van der Waals surface area (Å²) in [6.07, 6.45) is -2.14. The molecule has 37 heavy (non-hydrogen) atoms. The maximum Gasteiger partial charge on any atom is 0.416 e. The van der Waals surface area contributed by atoms with Gasteiger partial charge in [0, 0.05) is 61.3 Å². The number of para-hydroxylation sites is 1. The molecule has 0 spiro atoms. The fraction of sp³-hybridized carbons (Fsp3) is 0.276. The summed E-state index contributed by atoms with van der Waals surface area (Å²) in [6, 6.07) is 21.1. The molecule has 1 N–H and O–H groups in total. The number of nitrogens with zero attached hydrogens (tertiary/aromatic N) is 2. The van der Waals surface area contributed by atoms with Crippen molar-refractivity contribution in [2.24, 2.45) is 0 Å². The highest BCUT2D eigenvalue weighted by Crippen LogP contribution is 2.36. The molecule has 4 aromatic rings. The zero-order valence-electron chi connectivity index (χ0n) is 20.5. The first kappa shape index (κ1) is 24.7. The number of benzene rings is 3. The van der Waals surface area contributed by atoms with Gasteiger partial charge in [-0.15, -0.1) is 0 Å². The molecule has 3 aromatic carbocycles. The molecule has 5 rings (SSSR count). The van der Waals surface area contributed by atoms with Crippen LogP contribution in [0.3, 0.4) is 0 Å². The Bertz CT molecular complexity index is 1390. The highest BCUT2D eigenvalue weighted by atomic mass is 19.4. The summed E-state index contributed by atoms with van der Waals surface area (Å²) in [7, 11) is 1.62.